The van der Waals surface area contributed by atoms with E-state index in [-0.39, 0.29) is 0 Å². The van der Waals surface area contributed by atoms with Crippen molar-refractivity contribution < 1.29 is 4.42 Å². The lowest BCUT2D eigenvalue weighted by atomic mass is 10.2. The standard InChI is InChI=1S/C14H12ClNO/c1-10-2-4-13(17-10)9-16-7-6-11-8-12(15)3-5-14(11)16/h2-8H,9H2,1H3. The summed E-state index contributed by atoms with van der Waals surface area (Å²) in [6, 6.07) is 12.0. The first-order chi connectivity index (χ1) is 8.22. The molecule has 0 saturated carbocycles. The Morgan fingerprint density at radius 2 is 2.06 bits per heavy atom. The maximum atomic E-state index is 5.96. The molecule has 3 heteroatoms. The predicted octanol–water partition coefficient (Wildman–Crippen LogP) is 4.24. The molecule has 0 amide bonds. The van der Waals surface area contributed by atoms with Crippen molar-refractivity contribution in [2.45, 2.75) is 13.5 Å². The third kappa shape index (κ3) is 1.96. The van der Waals surface area contributed by atoms with Gasteiger partial charge in [0.1, 0.15) is 11.5 Å². The van der Waals surface area contributed by atoms with Crippen LogP contribution >= 0.6 is 11.6 Å². The van der Waals surface area contributed by atoms with Crippen LogP contribution in [0.4, 0.5) is 0 Å². The summed E-state index contributed by atoms with van der Waals surface area (Å²) in [7, 11) is 0. The summed E-state index contributed by atoms with van der Waals surface area (Å²) in [6.07, 6.45) is 2.05. The second kappa shape index (κ2) is 3.97. The fourth-order valence-electron chi connectivity index (χ4n) is 2.05. The molecule has 0 fully saturated rings. The Balaban J connectivity index is 2.00. The topological polar surface area (TPSA) is 18.1 Å². The highest BCUT2D eigenvalue weighted by atomic mass is 35.5. The number of fused-ring (bicyclic) bond motifs is 1. The average molecular weight is 246 g/mol. The summed E-state index contributed by atoms with van der Waals surface area (Å²) in [5, 5.41) is 1.92. The van der Waals surface area contributed by atoms with Crippen molar-refractivity contribution in [2.24, 2.45) is 0 Å². The van der Waals surface area contributed by atoms with Crippen LogP contribution in [0.1, 0.15) is 11.5 Å². The van der Waals surface area contributed by atoms with Crippen molar-refractivity contribution in [1.29, 1.82) is 0 Å². The van der Waals surface area contributed by atoms with Gasteiger partial charge in [-0.2, -0.15) is 0 Å². The molecule has 0 saturated heterocycles. The van der Waals surface area contributed by atoms with E-state index < -0.39 is 0 Å². The maximum absolute atomic E-state index is 5.96. The van der Waals surface area contributed by atoms with Gasteiger partial charge < -0.3 is 8.98 Å². The van der Waals surface area contributed by atoms with E-state index in [1.165, 1.54) is 5.52 Å². The molecule has 0 aliphatic heterocycles. The number of hydrogen-bond acceptors (Lipinski definition) is 1. The molecule has 1 aromatic carbocycles. The lowest BCUT2D eigenvalue weighted by molar-refractivity contribution is 0.473. The van der Waals surface area contributed by atoms with Gasteiger partial charge in [-0.15, -0.1) is 0 Å². The fraction of sp³-hybridized carbons (Fsp3) is 0.143. The molecule has 0 unspecified atom stereocenters. The molecule has 0 aliphatic carbocycles. The third-order valence-corrected chi connectivity index (χ3v) is 3.09. The van der Waals surface area contributed by atoms with E-state index in [2.05, 4.69) is 16.8 Å². The van der Waals surface area contributed by atoms with Crippen LogP contribution in [0.3, 0.4) is 0 Å². The minimum Gasteiger partial charge on any atom is -0.464 e. The van der Waals surface area contributed by atoms with E-state index in [1.807, 2.05) is 37.3 Å². The first kappa shape index (κ1) is 10.5. The lowest BCUT2D eigenvalue weighted by Gasteiger charge is -2.02. The lowest BCUT2D eigenvalue weighted by Crippen LogP contribution is -1.95. The minimum absolute atomic E-state index is 0.749. The molecular formula is C14H12ClNO. The molecule has 0 spiro atoms. The maximum Gasteiger partial charge on any atom is 0.123 e. The van der Waals surface area contributed by atoms with Gasteiger partial charge in [0.05, 0.1) is 6.54 Å². The Morgan fingerprint density at radius 1 is 1.18 bits per heavy atom. The van der Waals surface area contributed by atoms with Gasteiger partial charge in [0.15, 0.2) is 0 Å². The van der Waals surface area contributed by atoms with Crippen LogP contribution in [0, 0.1) is 6.92 Å². The van der Waals surface area contributed by atoms with Crippen LogP contribution in [-0.2, 0) is 6.54 Å². The number of benzene rings is 1. The van der Waals surface area contributed by atoms with Crippen LogP contribution in [0.15, 0.2) is 47.0 Å². The third-order valence-electron chi connectivity index (χ3n) is 2.86. The Hall–Kier alpha value is -1.67. The Labute approximate surface area is 104 Å². The highest BCUT2D eigenvalue weighted by Crippen LogP contribution is 2.21. The van der Waals surface area contributed by atoms with Crippen LogP contribution in [0.25, 0.3) is 10.9 Å². The quantitative estimate of drug-likeness (QED) is 0.660. The van der Waals surface area contributed by atoms with Crippen molar-refractivity contribution in [3.8, 4) is 0 Å². The zero-order valence-electron chi connectivity index (χ0n) is 9.48. The van der Waals surface area contributed by atoms with E-state index in [1.54, 1.807) is 0 Å². The number of aryl methyl sites for hydroxylation is 1. The SMILES string of the molecule is Cc1ccc(Cn2ccc3cc(Cl)ccc32)o1. The van der Waals surface area contributed by atoms with Gasteiger partial charge in [-0.25, -0.2) is 0 Å². The number of rotatable bonds is 2. The molecule has 2 heterocycles. The van der Waals surface area contributed by atoms with Gasteiger partial charge in [-0.3, -0.25) is 0 Å². The average Bonchev–Trinajstić information content (AvgIpc) is 2.86. The van der Waals surface area contributed by atoms with Crippen LogP contribution in [-0.4, -0.2) is 4.57 Å². The van der Waals surface area contributed by atoms with Gasteiger partial charge in [0.2, 0.25) is 0 Å². The number of furan rings is 1. The van der Waals surface area contributed by atoms with Gasteiger partial charge in [0.25, 0.3) is 0 Å². The van der Waals surface area contributed by atoms with E-state index in [0.717, 1.165) is 28.5 Å². The van der Waals surface area contributed by atoms with E-state index >= 15 is 0 Å². The smallest absolute Gasteiger partial charge is 0.123 e. The number of nitrogens with zero attached hydrogens (tertiary/aromatic N) is 1. The highest BCUT2D eigenvalue weighted by Gasteiger charge is 2.04. The first-order valence-corrected chi connectivity index (χ1v) is 5.90. The van der Waals surface area contributed by atoms with Crippen molar-refractivity contribution >= 4 is 22.5 Å². The molecule has 0 atom stereocenters. The first-order valence-electron chi connectivity index (χ1n) is 5.52. The number of hydrogen-bond donors (Lipinski definition) is 0. The largest absolute Gasteiger partial charge is 0.464 e. The number of halogens is 1. The highest BCUT2D eigenvalue weighted by molar-refractivity contribution is 6.31. The second-order valence-corrected chi connectivity index (χ2v) is 4.60. The van der Waals surface area contributed by atoms with Gasteiger partial charge in [-0.05, 0) is 43.3 Å². The van der Waals surface area contributed by atoms with Gasteiger partial charge >= 0.3 is 0 Å². The molecular weight excluding hydrogens is 234 g/mol. The minimum atomic E-state index is 0.749. The van der Waals surface area contributed by atoms with Crippen molar-refractivity contribution in [3.05, 3.63) is 59.1 Å². The molecule has 0 N–H and O–H groups in total. The Kier molecular flexibility index (Phi) is 2.45. The second-order valence-electron chi connectivity index (χ2n) is 4.16. The molecule has 3 aromatic rings. The molecule has 17 heavy (non-hydrogen) atoms. The number of aromatic nitrogens is 1. The fourth-order valence-corrected chi connectivity index (χ4v) is 2.23. The monoisotopic (exact) mass is 245 g/mol. The van der Waals surface area contributed by atoms with Crippen molar-refractivity contribution in [1.82, 2.24) is 4.57 Å². The normalized spacial score (nSPS) is 11.2. The summed E-state index contributed by atoms with van der Waals surface area (Å²) < 4.78 is 7.74. The molecule has 86 valence electrons. The summed E-state index contributed by atoms with van der Waals surface area (Å²) >= 11 is 5.96. The van der Waals surface area contributed by atoms with Crippen molar-refractivity contribution in [2.75, 3.05) is 0 Å². The zero-order valence-corrected chi connectivity index (χ0v) is 10.2. The Bertz CT molecular complexity index is 666. The van der Waals surface area contributed by atoms with E-state index in [0.29, 0.717) is 0 Å². The van der Waals surface area contributed by atoms with Crippen LogP contribution < -0.4 is 0 Å². The molecule has 2 nitrogen and oxygen atoms in total. The Morgan fingerprint density at radius 3 is 2.82 bits per heavy atom. The van der Waals surface area contributed by atoms with E-state index in [9.17, 15) is 0 Å². The van der Waals surface area contributed by atoms with Gasteiger partial charge in [-0.1, -0.05) is 11.6 Å². The summed E-state index contributed by atoms with van der Waals surface area (Å²) in [5.74, 6) is 1.91. The van der Waals surface area contributed by atoms with E-state index in [4.69, 9.17) is 16.0 Å². The zero-order chi connectivity index (χ0) is 11.8. The summed E-state index contributed by atoms with van der Waals surface area (Å²) in [6.45, 7) is 2.70. The molecule has 0 aliphatic rings. The summed E-state index contributed by atoms with van der Waals surface area (Å²) in [4.78, 5) is 0. The van der Waals surface area contributed by atoms with Crippen LogP contribution in [0.5, 0.6) is 0 Å². The van der Waals surface area contributed by atoms with Crippen LogP contribution in [0.2, 0.25) is 5.02 Å². The van der Waals surface area contributed by atoms with Gasteiger partial charge in [0, 0.05) is 22.1 Å². The van der Waals surface area contributed by atoms with Crippen molar-refractivity contribution in [3.63, 3.8) is 0 Å². The molecule has 0 bridgehead atoms. The summed E-state index contributed by atoms with van der Waals surface area (Å²) in [5.41, 5.74) is 1.17. The molecule has 3 rings (SSSR count). The molecule has 2 aromatic heterocycles. The predicted molar refractivity (Wildman–Crippen MR) is 69.5 cm³/mol. The molecule has 0 radical (unpaired) electrons.